The zero-order chi connectivity index (χ0) is 11.7. The van der Waals surface area contributed by atoms with Crippen LogP contribution in [0, 0.1) is 19.7 Å². The molecule has 0 saturated carbocycles. The van der Waals surface area contributed by atoms with Gasteiger partial charge in [-0.3, -0.25) is 0 Å². The molecule has 0 spiro atoms. The van der Waals surface area contributed by atoms with E-state index in [2.05, 4.69) is 0 Å². The third-order valence-corrected chi connectivity index (χ3v) is 2.72. The molecule has 0 bridgehead atoms. The summed E-state index contributed by atoms with van der Waals surface area (Å²) in [6.07, 6.45) is 3.19. The van der Waals surface area contributed by atoms with E-state index >= 15 is 0 Å². The summed E-state index contributed by atoms with van der Waals surface area (Å²) in [5.74, 6) is -0.164. The lowest BCUT2D eigenvalue weighted by atomic mass is 9.98. The van der Waals surface area contributed by atoms with Gasteiger partial charge < -0.3 is 10.2 Å². The van der Waals surface area contributed by atoms with Crippen molar-refractivity contribution in [2.75, 3.05) is 0 Å². The van der Waals surface area contributed by atoms with E-state index in [1.807, 2.05) is 6.07 Å². The fourth-order valence-electron chi connectivity index (χ4n) is 1.80. The third kappa shape index (κ3) is 1.86. The van der Waals surface area contributed by atoms with E-state index in [1.165, 1.54) is 0 Å². The standard InChI is InChI=1S/C13H14FNO/c1-8-5-11(6-9(2)12(8)14)13(15)10-3-4-16-7-10/h3-7,13H,15H2,1-2H3. The van der Waals surface area contributed by atoms with Gasteiger partial charge in [-0.25, -0.2) is 4.39 Å². The Balaban J connectivity index is 2.42. The zero-order valence-electron chi connectivity index (χ0n) is 9.33. The summed E-state index contributed by atoms with van der Waals surface area (Å²) in [6, 6.07) is 5.11. The van der Waals surface area contributed by atoms with Crippen molar-refractivity contribution >= 4 is 0 Å². The van der Waals surface area contributed by atoms with Crippen molar-refractivity contribution in [3.05, 3.63) is 58.8 Å². The highest BCUT2D eigenvalue weighted by Gasteiger charge is 2.13. The van der Waals surface area contributed by atoms with Gasteiger partial charge in [0.05, 0.1) is 18.6 Å². The maximum absolute atomic E-state index is 13.5. The lowest BCUT2D eigenvalue weighted by Crippen LogP contribution is -2.11. The molecule has 1 unspecified atom stereocenters. The molecule has 2 rings (SSSR count). The molecule has 1 aromatic heterocycles. The minimum absolute atomic E-state index is 0.164. The molecular weight excluding hydrogens is 205 g/mol. The molecule has 0 aliphatic carbocycles. The minimum atomic E-state index is -0.267. The zero-order valence-corrected chi connectivity index (χ0v) is 9.33. The first-order chi connectivity index (χ1) is 7.59. The van der Waals surface area contributed by atoms with Crippen LogP contribution in [-0.4, -0.2) is 0 Å². The van der Waals surface area contributed by atoms with Crippen molar-refractivity contribution in [1.82, 2.24) is 0 Å². The van der Waals surface area contributed by atoms with Gasteiger partial charge >= 0.3 is 0 Å². The van der Waals surface area contributed by atoms with Gasteiger partial charge in [0, 0.05) is 5.56 Å². The summed E-state index contributed by atoms with van der Waals surface area (Å²) in [6.45, 7) is 3.49. The third-order valence-electron chi connectivity index (χ3n) is 2.72. The lowest BCUT2D eigenvalue weighted by Gasteiger charge is -2.12. The Labute approximate surface area is 93.9 Å². The van der Waals surface area contributed by atoms with Crippen LogP contribution in [0.5, 0.6) is 0 Å². The van der Waals surface area contributed by atoms with Crippen LogP contribution in [-0.2, 0) is 0 Å². The molecule has 1 aromatic carbocycles. The van der Waals surface area contributed by atoms with Crippen LogP contribution in [0.4, 0.5) is 4.39 Å². The van der Waals surface area contributed by atoms with E-state index in [-0.39, 0.29) is 11.9 Å². The molecule has 1 atom stereocenters. The Hall–Kier alpha value is -1.61. The minimum Gasteiger partial charge on any atom is -0.472 e. The summed E-state index contributed by atoms with van der Waals surface area (Å²) in [4.78, 5) is 0. The predicted octanol–water partition coefficient (Wildman–Crippen LogP) is 3.08. The highest BCUT2D eigenvalue weighted by atomic mass is 19.1. The predicted molar refractivity (Wildman–Crippen MR) is 60.6 cm³/mol. The maximum atomic E-state index is 13.5. The summed E-state index contributed by atoms with van der Waals surface area (Å²) in [7, 11) is 0. The molecule has 84 valence electrons. The van der Waals surface area contributed by atoms with Gasteiger partial charge in [-0.05, 0) is 36.6 Å². The highest BCUT2D eigenvalue weighted by Crippen LogP contribution is 2.23. The Bertz CT molecular complexity index is 468. The van der Waals surface area contributed by atoms with Crippen LogP contribution in [0.3, 0.4) is 0 Å². The number of halogens is 1. The first-order valence-electron chi connectivity index (χ1n) is 5.14. The molecule has 0 aliphatic rings. The van der Waals surface area contributed by atoms with Crippen LogP contribution in [0.15, 0.2) is 35.1 Å². The molecule has 3 heteroatoms. The van der Waals surface area contributed by atoms with E-state index < -0.39 is 0 Å². The van der Waals surface area contributed by atoms with Gasteiger partial charge in [-0.2, -0.15) is 0 Å². The second-order valence-corrected chi connectivity index (χ2v) is 4.00. The Kier molecular flexibility index (Phi) is 2.79. The van der Waals surface area contributed by atoms with Gasteiger partial charge in [0.2, 0.25) is 0 Å². The molecule has 0 amide bonds. The second kappa shape index (κ2) is 4.10. The topological polar surface area (TPSA) is 39.2 Å². The molecule has 0 saturated heterocycles. The van der Waals surface area contributed by atoms with Crippen LogP contribution >= 0.6 is 0 Å². The molecule has 2 aromatic rings. The normalized spacial score (nSPS) is 12.8. The first kappa shape index (κ1) is 10.9. The molecular formula is C13H14FNO. The molecule has 1 heterocycles. The van der Waals surface area contributed by atoms with Crippen LogP contribution < -0.4 is 5.73 Å². The van der Waals surface area contributed by atoms with Crippen molar-refractivity contribution in [1.29, 1.82) is 0 Å². The fraction of sp³-hybridized carbons (Fsp3) is 0.231. The van der Waals surface area contributed by atoms with Gasteiger partial charge in [0.15, 0.2) is 0 Å². The number of nitrogens with two attached hydrogens (primary N) is 1. The van der Waals surface area contributed by atoms with Crippen molar-refractivity contribution in [2.24, 2.45) is 5.73 Å². The quantitative estimate of drug-likeness (QED) is 0.843. The average Bonchev–Trinajstić information content (AvgIpc) is 2.77. The maximum Gasteiger partial charge on any atom is 0.129 e. The Morgan fingerprint density at radius 2 is 1.81 bits per heavy atom. The van der Waals surface area contributed by atoms with E-state index in [1.54, 1.807) is 38.5 Å². The van der Waals surface area contributed by atoms with Gasteiger partial charge in [0.1, 0.15) is 5.82 Å². The SMILES string of the molecule is Cc1cc(C(N)c2ccoc2)cc(C)c1F. The van der Waals surface area contributed by atoms with Crippen molar-refractivity contribution < 1.29 is 8.81 Å². The number of rotatable bonds is 2. The summed E-state index contributed by atoms with van der Waals surface area (Å²) in [5, 5.41) is 0. The smallest absolute Gasteiger partial charge is 0.129 e. The van der Waals surface area contributed by atoms with E-state index in [0.717, 1.165) is 11.1 Å². The Morgan fingerprint density at radius 1 is 1.19 bits per heavy atom. The number of hydrogen-bond acceptors (Lipinski definition) is 2. The van der Waals surface area contributed by atoms with Crippen LogP contribution in [0.2, 0.25) is 0 Å². The van der Waals surface area contributed by atoms with E-state index in [0.29, 0.717) is 11.1 Å². The molecule has 0 radical (unpaired) electrons. The summed E-state index contributed by atoms with van der Waals surface area (Å²) in [5.41, 5.74) is 9.10. The lowest BCUT2D eigenvalue weighted by molar-refractivity contribution is 0.562. The van der Waals surface area contributed by atoms with E-state index in [4.69, 9.17) is 10.2 Å². The molecule has 0 fully saturated rings. The molecule has 16 heavy (non-hydrogen) atoms. The van der Waals surface area contributed by atoms with Gasteiger partial charge in [-0.15, -0.1) is 0 Å². The molecule has 2 N–H and O–H groups in total. The largest absolute Gasteiger partial charge is 0.472 e. The monoisotopic (exact) mass is 219 g/mol. The first-order valence-corrected chi connectivity index (χ1v) is 5.14. The molecule has 2 nitrogen and oxygen atoms in total. The highest BCUT2D eigenvalue weighted by molar-refractivity contribution is 5.36. The number of aryl methyl sites for hydroxylation is 2. The Morgan fingerprint density at radius 3 is 2.31 bits per heavy atom. The summed E-state index contributed by atoms with van der Waals surface area (Å²) >= 11 is 0. The average molecular weight is 219 g/mol. The van der Waals surface area contributed by atoms with Crippen molar-refractivity contribution in [2.45, 2.75) is 19.9 Å². The van der Waals surface area contributed by atoms with Crippen molar-refractivity contribution in [3.8, 4) is 0 Å². The molecule has 0 aliphatic heterocycles. The number of benzene rings is 1. The number of hydrogen-bond donors (Lipinski definition) is 1. The van der Waals surface area contributed by atoms with Crippen molar-refractivity contribution in [3.63, 3.8) is 0 Å². The van der Waals surface area contributed by atoms with Crippen LogP contribution in [0.1, 0.15) is 28.3 Å². The number of furan rings is 1. The van der Waals surface area contributed by atoms with Gasteiger partial charge in [-0.1, -0.05) is 12.1 Å². The fourth-order valence-corrected chi connectivity index (χ4v) is 1.80. The van der Waals surface area contributed by atoms with Gasteiger partial charge in [0.25, 0.3) is 0 Å². The van der Waals surface area contributed by atoms with E-state index in [9.17, 15) is 4.39 Å². The second-order valence-electron chi connectivity index (χ2n) is 4.00. The summed E-state index contributed by atoms with van der Waals surface area (Å²) < 4.78 is 18.4. The van der Waals surface area contributed by atoms with Crippen LogP contribution in [0.25, 0.3) is 0 Å².